The van der Waals surface area contributed by atoms with Crippen LogP contribution in [0, 0.1) is 17.0 Å². The van der Waals surface area contributed by atoms with Gasteiger partial charge in [-0.25, -0.2) is 8.42 Å². The van der Waals surface area contributed by atoms with Crippen LogP contribution in [0.3, 0.4) is 0 Å². The van der Waals surface area contributed by atoms with E-state index in [9.17, 15) is 18.5 Å². The molecule has 0 aliphatic carbocycles. The van der Waals surface area contributed by atoms with Crippen molar-refractivity contribution in [1.29, 1.82) is 0 Å². The maximum Gasteiger partial charge on any atom is 0.289 e. The smallest absolute Gasteiger partial charge is 0.263 e. The number of nitro groups is 1. The molecular formula is C16H15ClN2O4S. The third kappa shape index (κ3) is 2.90. The second-order valence-electron chi connectivity index (χ2n) is 5.75. The Labute approximate surface area is 144 Å². The molecule has 1 fully saturated rings. The molecule has 24 heavy (non-hydrogen) atoms. The average molecular weight is 367 g/mol. The predicted molar refractivity (Wildman–Crippen MR) is 90.0 cm³/mol. The molecule has 2 atom stereocenters. The van der Waals surface area contributed by atoms with Crippen LogP contribution in [0.25, 0.3) is 0 Å². The number of hydrogen-bond acceptors (Lipinski definition) is 4. The van der Waals surface area contributed by atoms with E-state index < -0.39 is 27.0 Å². The van der Waals surface area contributed by atoms with Crippen LogP contribution in [0.15, 0.2) is 53.4 Å². The molecular weight excluding hydrogens is 352 g/mol. The lowest BCUT2D eigenvalue weighted by Crippen LogP contribution is -2.60. The molecule has 2 aromatic carbocycles. The predicted octanol–water partition coefficient (Wildman–Crippen LogP) is 3.04. The number of nitrogens with zero attached hydrogens (tertiary/aromatic N) is 2. The van der Waals surface area contributed by atoms with Crippen molar-refractivity contribution < 1.29 is 13.3 Å². The highest BCUT2D eigenvalue weighted by molar-refractivity contribution is 7.89. The van der Waals surface area contributed by atoms with Crippen LogP contribution in [-0.4, -0.2) is 30.4 Å². The molecule has 1 heterocycles. The van der Waals surface area contributed by atoms with E-state index >= 15 is 0 Å². The molecule has 0 N–H and O–H groups in total. The van der Waals surface area contributed by atoms with Gasteiger partial charge in [0.2, 0.25) is 10.0 Å². The third-order valence-corrected chi connectivity index (χ3v) is 6.24. The first-order valence-corrected chi connectivity index (χ1v) is 9.10. The van der Waals surface area contributed by atoms with Crippen LogP contribution in [-0.2, 0) is 10.0 Å². The zero-order chi connectivity index (χ0) is 17.5. The molecule has 0 bridgehead atoms. The van der Waals surface area contributed by atoms with Crippen LogP contribution < -0.4 is 0 Å². The van der Waals surface area contributed by atoms with Gasteiger partial charge in [-0.1, -0.05) is 41.4 Å². The minimum Gasteiger partial charge on any atom is -0.263 e. The van der Waals surface area contributed by atoms with Crippen molar-refractivity contribution in [3.8, 4) is 0 Å². The zero-order valence-corrected chi connectivity index (χ0v) is 14.4. The van der Waals surface area contributed by atoms with Crippen molar-refractivity contribution in [3.63, 3.8) is 0 Å². The third-order valence-electron chi connectivity index (χ3n) is 4.15. The number of benzene rings is 2. The molecule has 0 spiro atoms. The first-order valence-electron chi connectivity index (χ1n) is 7.28. The quantitative estimate of drug-likeness (QED) is 0.615. The van der Waals surface area contributed by atoms with Gasteiger partial charge < -0.3 is 0 Å². The molecule has 1 saturated heterocycles. The number of sulfonamides is 1. The Balaban J connectivity index is 1.92. The molecule has 6 nitrogen and oxygen atoms in total. The van der Waals surface area contributed by atoms with Gasteiger partial charge in [0.05, 0.1) is 10.8 Å². The average Bonchev–Trinajstić information content (AvgIpc) is 2.45. The van der Waals surface area contributed by atoms with Crippen LogP contribution in [0.1, 0.15) is 17.0 Å². The van der Waals surface area contributed by atoms with E-state index in [1.165, 1.54) is 12.1 Å². The van der Waals surface area contributed by atoms with E-state index in [0.29, 0.717) is 10.6 Å². The van der Waals surface area contributed by atoms with Gasteiger partial charge in [-0.05, 0) is 36.8 Å². The summed E-state index contributed by atoms with van der Waals surface area (Å²) < 4.78 is 26.3. The Morgan fingerprint density at radius 2 is 1.88 bits per heavy atom. The Morgan fingerprint density at radius 1 is 1.21 bits per heavy atom. The molecule has 1 aliphatic heterocycles. The highest BCUT2D eigenvalue weighted by atomic mass is 35.5. The Hall–Kier alpha value is -1.96. The maximum absolute atomic E-state index is 12.7. The normalized spacial score (nSPS) is 21.2. The van der Waals surface area contributed by atoms with Gasteiger partial charge in [0.1, 0.15) is 0 Å². The summed E-state index contributed by atoms with van der Waals surface area (Å²) in [4.78, 5) is 11.0. The van der Waals surface area contributed by atoms with Gasteiger partial charge in [0.25, 0.3) is 6.17 Å². The number of halogens is 1. The van der Waals surface area contributed by atoms with Gasteiger partial charge in [0.15, 0.2) is 0 Å². The molecule has 0 saturated carbocycles. The molecule has 0 amide bonds. The van der Waals surface area contributed by atoms with E-state index in [-0.39, 0.29) is 11.4 Å². The van der Waals surface area contributed by atoms with Gasteiger partial charge in [-0.15, -0.1) is 4.31 Å². The van der Waals surface area contributed by atoms with Crippen molar-refractivity contribution in [3.05, 3.63) is 74.8 Å². The molecule has 0 aromatic heterocycles. The molecule has 126 valence electrons. The summed E-state index contributed by atoms with van der Waals surface area (Å²) in [6, 6.07) is 13.0. The van der Waals surface area contributed by atoms with Crippen LogP contribution in [0.2, 0.25) is 5.02 Å². The van der Waals surface area contributed by atoms with E-state index in [1.54, 1.807) is 36.4 Å². The second kappa shape index (κ2) is 6.16. The number of hydrogen-bond donors (Lipinski definition) is 0. The van der Waals surface area contributed by atoms with E-state index in [4.69, 9.17) is 11.6 Å². The fourth-order valence-corrected chi connectivity index (χ4v) is 4.63. The summed E-state index contributed by atoms with van der Waals surface area (Å²) in [6.45, 7) is 1.90. The van der Waals surface area contributed by atoms with E-state index in [1.807, 2.05) is 6.92 Å². The Morgan fingerprint density at radius 3 is 2.46 bits per heavy atom. The molecule has 1 aliphatic rings. The molecule has 8 heteroatoms. The highest BCUT2D eigenvalue weighted by Crippen LogP contribution is 2.39. The van der Waals surface area contributed by atoms with Crippen molar-refractivity contribution >= 4 is 21.6 Å². The zero-order valence-electron chi connectivity index (χ0n) is 12.8. The summed E-state index contributed by atoms with van der Waals surface area (Å²) >= 11 is 5.93. The first-order chi connectivity index (χ1) is 11.3. The first kappa shape index (κ1) is 16.9. The van der Waals surface area contributed by atoms with Crippen molar-refractivity contribution in [1.82, 2.24) is 4.31 Å². The lowest BCUT2D eigenvalue weighted by atomic mass is 9.90. The number of aryl methyl sites for hydroxylation is 1. The van der Waals surface area contributed by atoms with Gasteiger partial charge in [-0.2, -0.15) is 0 Å². The summed E-state index contributed by atoms with van der Waals surface area (Å²) in [5.74, 6) is -0.515. The van der Waals surface area contributed by atoms with E-state index in [2.05, 4.69) is 0 Å². The maximum atomic E-state index is 12.7. The van der Waals surface area contributed by atoms with Gasteiger partial charge >= 0.3 is 0 Å². The summed E-state index contributed by atoms with van der Waals surface area (Å²) in [5.41, 5.74) is 1.58. The lowest BCUT2D eigenvalue weighted by molar-refractivity contribution is -0.563. The SMILES string of the molecule is Cc1ccc(S(=O)(=O)N2C[C@@H](c3cccc(Cl)c3)[C@@H]2[N+](=O)[O-])cc1. The molecule has 0 radical (unpaired) electrons. The van der Waals surface area contributed by atoms with Crippen molar-refractivity contribution in [2.75, 3.05) is 6.54 Å². The molecule has 3 rings (SSSR count). The minimum atomic E-state index is -3.91. The largest absolute Gasteiger partial charge is 0.289 e. The Kier molecular flexibility index (Phi) is 4.33. The Bertz CT molecular complexity index is 883. The topological polar surface area (TPSA) is 80.5 Å². The standard InChI is InChI=1S/C16H15ClN2O4S/c1-11-5-7-14(8-6-11)24(22,23)18-10-15(16(18)19(20)21)12-3-2-4-13(17)9-12/h2-9,15-16H,10H2,1H3/t15-,16-/m0/s1. The van der Waals surface area contributed by atoms with Gasteiger partial charge in [0, 0.05) is 16.5 Å². The summed E-state index contributed by atoms with van der Waals surface area (Å²) in [5, 5.41) is 11.9. The number of rotatable bonds is 4. The molecule has 2 aromatic rings. The minimum absolute atomic E-state index is 0.0577. The van der Waals surface area contributed by atoms with Crippen molar-refractivity contribution in [2.45, 2.75) is 23.9 Å². The second-order valence-corrected chi connectivity index (χ2v) is 8.08. The van der Waals surface area contributed by atoms with Crippen molar-refractivity contribution in [2.24, 2.45) is 0 Å². The van der Waals surface area contributed by atoms with Crippen LogP contribution in [0.4, 0.5) is 0 Å². The lowest BCUT2D eigenvalue weighted by Gasteiger charge is -2.40. The van der Waals surface area contributed by atoms with E-state index in [0.717, 1.165) is 9.87 Å². The fraction of sp³-hybridized carbons (Fsp3) is 0.250. The van der Waals surface area contributed by atoms with Crippen LogP contribution in [0.5, 0.6) is 0 Å². The van der Waals surface area contributed by atoms with Crippen LogP contribution >= 0.6 is 11.6 Å². The fourth-order valence-electron chi connectivity index (χ4n) is 2.81. The molecule has 0 unspecified atom stereocenters. The highest BCUT2D eigenvalue weighted by Gasteiger charge is 2.55. The summed E-state index contributed by atoms with van der Waals surface area (Å²) in [6.07, 6.45) is -1.32. The van der Waals surface area contributed by atoms with Gasteiger partial charge in [-0.3, -0.25) is 10.1 Å². The summed E-state index contributed by atoms with van der Waals surface area (Å²) in [7, 11) is -3.91. The monoisotopic (exact) mass is 366 g/mol.